The maximum Gasteiger partial charge on any atom is 0.191 e. The first-order chi connectivity index (χ1) is 11.6. The summed E-state index contributed by atoms with van der Waals surface area (Å²) < 4.78 is 5.40. The molecule has 0 saturated carbocycles. The molecule has 1 heterocycles. The molecule has 1 unspecified atom stereocenters. The third kappa shape index (κ3) is 5.41. The fraction of sp³-hybridized carbons (Fsp3) is 0.632. The monoisotopic (exact) mass is 332 g/mol. The van der Waals surface area contributed by atoms with Gasteiger partial charge in [-0.1, -0.05) is 12.1 Å². The summed E-state index contributed by atoms with van der Waals surface area (Å²) in [5.41, 5.74) is 2.45. The predicted molar refractivity (Wildman–Crippen MR) is 101 cm³/mol. The first-order valence-corrected chi connectivity index (χ1v) is 9.00. The van der Waals surface area contributed by atoms with Crippen LogP contribution in [0.15, 0.2) is 23.2 Å². The fourth-order valence-electron chi connectivity index (χ4n) is 3.09. The van der Waals surface area contributed by atoms with E-state index in [4.69, 9.17) is 9.73 Å². The van der Waals surface area contributed by atoms with Gasteiger partial charge in [0.2, 0.25) is 0 Å². The number of hydrogen-bond donors (Lipinski definition) is 2. The first-order valence-electron chi connectivity index (χ1n) is 9.00. The molecule has 2 rings (SSSR count). The number of rotatable bonds is 7. The van der Waals surface area contributed by atoms with Crippen LogP contribution in [0.3, 0.4) is 0 Å². The van der Waals surface area contributed by atoms with Crippen molar-refractivity contribution in [3.05, 3.63) is 29.3 Å². The van der Waals surface area contributed by atoms with Crippen LogP contribution in [0.5, 0.6) is 5.75 Å². The van der Waals surface area contributed by atoms with Crippen molar-refractivity contribution in [2.45, 2.75) is 39.2 Å². The van der Waals surface area contributed by atoms with Gasteiger partial charge in [0.15, 0.2) is 5.96 Å². The molecule has 134 valence electrons. The van der Waals surface area contributed by atoms with E-state index in [0.29, 0.717) is 6.04 Å². The van der Waals surface area contributed by atoms with Gasteiger partial charge >= 0.3 is 0 Å². The number of ether oxygens (including phenoxy) is 1. The van der Waals surface area contributed by atoms with Gasteiger partial charge in [-0.3, -0.25) is 4.99 Å². The molecule has 1 aromatic rings. The number of aryl methyl sites for hydroxylation is 1. The highest BCUT2D eigenvalue weighted by Crippen LogP contribution is 2.19. The largest absolute Gasteiger partial charge is 0.496 e. The molecule has 1 saturated heterocycles. The summed E-state index contributed by atoms with van der Waals surface area (Å²) in [6, 6.07) is 6.98. The van der Waals surface area contributed by atoms with E-state index in [9.17, 15) is 0 Å². The van der Waals surface area contributed by atoms with E-state index in [-0.39, 0.29) is 0 Å². The van der Waals surface area contributed by atoms with Crippen LogP contribution < -0.4 is 15.4 Å². The van der Waals surface area contributed by atoms with Crippen LogP contribution >= 0.6 is 0 Å². The molecule has 1 aliphatic rings. The lowest BCUT2D eigenvalue weighted by atomic mass is 10.1. The second-order valence-electron chi connectivity index (χ2n) is 6.48. The topological polar surface area (TPSA) is 48.9 Å². The average molecular weight is 332 g/mol. The normalized spacial score (nSPS) is 18.7. The number of methoxy groups -OCH3 is 1. The summed E-state index contributed by atoms with van der Waals surface area (Å²) in [6.45, 7) is 7.97. The van der Waals surface area contributed by atoms with Crippen molar-refractivity contribution in [1.82, 2.24) is 15.5 Å². The Hall–Kier alpha value is -1.75. The average Bonchev–Trinajstić information content (AvgIpc) is 2.99. The summed E-state index contributed by atoms with van der Waals surface area (Å²) in [4.78, 5) is 7.16. The van der Waals surface area contributed by atoms with E-state index in [1.165, 1.54) is 30.5 Å². The van der Waals surface area contributed by atoms with Crippen LogP contribution in [0.1, 0.15) is 30.9 Å². The Morgan fingerprint density at radius 2 is 2.21 bits per heavy atom. The molecule has 1 aliphatic heterocycles. The maximum atomic E-state index is 5.40. The van der Waals surface area contributed by atoms with Crippen molar-refractivity contribution in [3.63, 3.8) is 0 Å². The lowest BCUT2D eigenvalue weighted by Gasteiger charge is -2.18. The molecule has 1 fully saturated rings. The summed E-state index contributed by atoms with van der Waals surface area (Å²) in [5, 5.41) is 6.77. The van der Waals surface area contributed by atoms with Gasteiger partial charge in [-0.2, -0.15) is 0 Å². The van der Waals surface area contributed by atoms with E-state index < -0.39 is 0 Å². The molecule has 24 heavy (non-hydrogen) atoms. The fourth-order valence-corrected chi connectivity index (χ4v) is 3.09. The van der Waals surface area contributed by atoms with E-state index >= 15 is 0 Å². The quantitative estimate of drug-likeness (QED) is 0.594. The van der Waals surface area contributed by atoms with Gasteiger partial charge in [-0.15, -0.1) is 0 Å². The van der Waals surface area contributed by atoms with Crippen LogP contribution in [-0.4, -0.2) is 57.2 Å². The standard InChI is InChI=1S/C19H32N4O/c1-5-20-19(22-14-17-7-6-12-23(17)3)21-11-10-16-9-8-15(2)18(13-16)24-4/h8-9,13,17H,5-7,10-12,14H2,1-4H3,(H2,20,21,22). The number of benzene rings is 1. The van der Waals surface area contributed by atoms with Crippen molar-refractivity contribution in [3.8, 4) is 5.75 Å². The van der Waals surface area contributed by atoms with E-state index in [1.54, 1.807) is 7.11 Å². The molecular formula is C19H32N4O. The minimum atomic E-state index is 0.585. The zero-order chi connectivity index (χ0) is 17.4. The molecule has 0 radical (unpaired) electrons. The van der Waals surface area contributed by atoms with Crippen molar-refractivity contribution in [2.75, 3.05) is 40.3 Å². The maximum absolute atomic E-state index is 5.40. The summed E-state index contributed by atoms with van der Waals surface area (Å²) in [5.74, 6) is 1.87. The molecule has 2 N–H and O–H groups in total. The highest BCUT2D eigenvalue weighted by molar-refractivity contribution is 5.79. The van der Waals surface area contributed by atoms with Gasteiger partial charge in [0, 0.05) is 19.1 Å². The van der Waals surface area contributed by atoms with Crippen LogP contribution in [0.25, 0.3) is 0 Å². The Morgan fingerprint density at radius 3 is 2.88 bits per heavy atom. The highest BCUT2D eigenvalue weighted by atomic mass is 16.5. The van der Waals surface area contributed by atoms with Gasteiger partial charge in [-0.05, 0) is 63.9 Å². The van der Waals surface area contributed by atoms with Crippen molar-refractivity contribution in [1.29, 1.82) is 0 Å². The minimum absolute atomic E-state index is 0.585. The second-order valence-corrected chi connectivity index (χ2v) is 6.48. The van der Waals surface area contributed by atoms with Gasteiger partial charge in [0.05, 0.1) is 13.7 Å². The van der Waals surface area contributed by atoms with Gasteiger partial charge in [0.25, 0.3) is 0 Å². The number of aliphatic imine (C=N–C) groups is 1. The number of nitrogens with zero attached hydrogens (tertiary/aromatic N) is 2. The van der Waals surface area contributed by atoms with Crippen LogP contribution in [0.2, 0.25) is 0 Å². The van der Waals surface area contributed by atoms with Gasteiger partial charge in [-0.25, -0.2) is 0 Å². The third-order valence-electron chi connectivity index (χ3n) is 4.65. The molecule has 0 spiro atoms. The summed E-state index contributed by atoms with van der Waals surface area (Å²) >= 11 is 0. The molecule has 1 atom stereocenters. The highest BCUT2D eigenvalue weighted by Gasteiger charge is 2.20. The Kier molecular flexibility index (Phi) is 7.37. The molecular weight excluding hydrogens is 300 g/mol. The van der Waals surface area contributed by atoms with Crippen LogP contribution in [-0.2, 0) is 6.42 Å². The Bertz CT molecular complexity index is 544. The van der Waals surface area contributed by atoms with Crippen LogP contribution in [0.4, 0.5) is 0 Å². The van der Waals surface area contributed by atoms with E-state index in [2.05, 4.69) is 54.6 Å². The lowest BCUT2D eigenvalue weighted by molar-refractivity contribution is 0.317. The molecule has 5 nitrogen and oxygen atoms in total. The molecule has 0 bridgehead atoms. The first kappa shape index (κ1) is 18.6. The number of likely N-dealkylation sites (N-methyl/N-ethyl adjacent to an activating group) is 1. The van der Waals surface area contributed by atoms with E-state index in [0.717, 1.165) is 37.8 Å². The Balaban J connectivity index is 1.84. The third-order valence-corrected chi connectivity index (χ3v) is 4.65. The van der Waals surface area contributed by atoms with Crippen molar-refractivity contribution >= 4 is 5.96 Å². The number of guanidine groups is 1. The minimum Gasteiger partial charge on any atom is -0.496 e. The van der Waals surface area contributed by atoms with Gasteiger partial charge in [0.1, 0.15) is 5.75 Å². The lowest BCUT2D eigenvalue weighted by Crippen LogP contribution is -2.39. The number of nitrogens with one attached hydrogen (secondary N) is 2. The number of likely N-dealkylation sites (tertiary alicyclic amines) is 1. The van der Waals surface area contributed by atoms with Crippen LogP contribution in [0, 0.1) is 6.92 Å². The molecule has 0 aliphatic carbocycles. The molecule has 0 amide bonds. The molecule has 5 heteroatoms. The second kappa shape index (κ2) is 9.52. The molecule has 1 aromatic carbocycles. The van der Waals surface area contributed by atoms with E-state index in [1.807, 2.05) is 0 Å². The summed E-state index contributed by atoms with van der Waals surface area (Å²) in [6.07, 6.45) is 3.49. The predicted octanol–water partition coefficient (Wildman–Crippen LogP) is 2.20. The van der Waals surface area contributed by atoms with Gasteiger partial charge < -0.3 is 20.3 Å². The zero-order valence-electron chi connectivity index (χ0n) is 15.6. The molecule has 0 aromatic heterocycles. The number of hydrogen-bond acceptors (Lipinski definition) is 3. The Morgan fingerprint density at radius 1 is 1.38 bits per heavy atom. The summed E-state index contributed by atoms with van der Waals surface area (Å²) in [7, 11) is 3.92. The SMILES string of the molecule is CCNC(=NCC1CCCN1C)NCCc1ccc(C)c(OC)c1. The smallest absolute Gasteiger partial charge is 0.191 e. The Labute approximate surface area is 146 Å². The van der Waals surface area contributed by atoms with Crippen molar-refractivity contribution < 1.29 is 4.74 Å². The van der Waals surface area contributed by atoms with Crippen molar-refractivity contribution in [2.24, 2.45) is 4.99 Å². The zero-order valence-corrected chi connectivity index (χ0v) is 15.6.